The number of nitrogens with one attached hydrogen (secondary N) is 1. The highest BCUT2D eigenvalue weighted by atomic mass is 19.4. The van der Waals surface area contributed by atoms with E-state index in [0.717, 1.165) is 18.2 Å². The van der Waals surface area contributed by atoms with Crippen molar-refractivity contribution in [3.8, 4) is 0 Å². The smallest absolute Gasteiger partial charge is 0.307 e. The summed E-state index contributed by atoms with van der Waals surface area (Å²) in [6, 6.07) is 6.74. The van der Waals surface area contributed by atoms with Gasteiger partial charge in [0.2, 0.25) is 0 Å². The van der Waals surface area contributed by atoms with E-state index < -0.39 is 23.5 Å². The Hall–Kier alpha value is -2.44. The van der Waals surface area contributed by atoms with Crippen LogP contribution in [0.25, 0.3) is 0 Å². The molecule has 104 valence electrons. The van der Waals surface area contributed by atoms with Crippen LogP contribution >= 0.6 is 0 Å². The van der Waals surface area contributed by atoms with Crippen LogP contribution in [0.15, 0.2) is 42.6 Å². The molecule has 2 rings (SSSR count). The van der Waals surface area contributed by atoms with Crippen molar-refractivity contribution in [2.75, 3.05) is 5.32 Å². The number of hydrogen-bond donors (Lipinski definition) is 1. The van der Waals surface area contributed by atoms with E-state index in [2.05, 4.69) is 10.3 Å². The van der Waals surface area contributed by atoms with Crippen molar-refractivity contribution in [2.45, 2.75) is 6.18 Å². The summed E-state index contributed by atoms with van der Waals surface area (Å²) in [6.45, 7) is 0. The zero-order valence-corrected chi connectivity index (χ0v) is 9.91. The number of benzene rings is 1. The fourth-order valence-corrected chi connectivity index (χ4v) is 1.45. The zero-order chi connectivity index (χ0) is 14.8. The molecule has 0 aliphatic heterocycles. The minimum atomic E-state index is -4.49. The molecule has 20 heavy (non-hydrogen) atoms. The number of carbonyl (C=O) groups excluding carboxylic acids is 1. The number of nitrogens with zero attached hydrogens (tertiary/aromatic N) is 1. The number of pyridine rings is 1. The minimum Gasteiger partial charge on any atom is -0.307 e. The first kappa shape index (κ1) is 14.0. The lowest BCUT2D eigenvalue weighted by molar-refractivity contribution is -0.137. The fraction of sp³-hybridized carbons (Fsp3) is 0.0769. The molecular formula is C13H8F4N2O. The van der Waals surface area contributed by atoms with E-state index in [9.17, 15) is 22.4 Å². The van der Waals surface area contributed by atoms with E-state index in [1.807, 2.05) is 0 Å². The molecule has 3 nitrogen and oxygen atoms in total. The van der Waals surface area contributed by atoms with Gasteiger partial charge in [0, 0.05) is 11.8 Å². The summed E-state index contributed by atoms with van der Waals surface area (Å²) >= 11 is 0. The normalized spacial score (nSPS) is 11.2. The molecule has 1 aromatic carbocycles. The number of rotatable bonds is 2. The van der Waals surface area contributed by atoms with Crippen LogP contribution in [0.3, 0.4) is 0 Å². The largest absolute Gasteiger partial charge is 0.417 e. The molecule has 1 amide bonds. The maximum absolute atomic E-state index is 12.9. The average Bonchev–Trinajstić information content (AvgIpc) is 2.38. The zero-order valence-electron chi connectivity index (χ0n) is 9.91. The van der Waals surface area contributed by atoms with Crippen LogP contribution in [-0.2, 0) is 6.18 Å². The molecule has 2 aromatic rings. The molecule has 0 aliphatic rings. The number of anilines is 1. The molecule has 1 aromatic heterocycles. The van der Waals surface area contributed by atoms with Gasteiger partial charge in [0.05, 0.1) is 5.56 Å². The van der Waals surface area contributed by atoms with Gasteiger partial charge in [-0.05, 0) is 30.3 Å². The molecule has 0 atom stereocenters. The Bertz CT molecular complexity index is 623. The molecule has 0 aliphatic carbocycles. The van der Waals surface area contributed by atoms with E-state index >= 15 is 0 Å². The number of aromatic nitrogens is 1. The van der Waals surface area contributed by atoms with Gasteiger partial charge in [0.25, 0.3) is 5.91 Å². The summed E-state index contributed by atoms with van der Waals surface area (Å²) < 4.78 is 49.9. The van der Waals surface area contributed by atoms with Crippen LogP contribution in [0.1, 0.15) is 15.9 Å². The lowest BCUT2D eigenvalue weighted by atomic mass is 10.2. The lowest BCUT2D eigenvalue weighted by Crippen LogP contribution is -2.14. The maximum Gasteiger partial charge on any atom is 0.417 e. The molecule has 0 radical (unpaired) electrons. The molecule has 0 saturated carbocycles. The van der Waals surface area contributed by atoms with Gasteiger partial charge >= 0.3 is 6.18 Å². The number of hydrogen-bond acceptors (Lipinski definition) is 2. The number of halogens is 4. The summed E-state index contributed by atoms with van der Waals surface area (Å²) in [5.74, 6) is -1.29. The predicted octanol–water partition coefficient (Wildman–Crippen LogP) is 3.49. The molecule has 0 spiro atoms. The predicted molar refractivity (Wildman–Crippen MR) is 63.6 cm³/mol. The first-order valence-electron chi connectivity index (χ1n) is 5.46. The fourth-order valence-electron chi connectivity index (χ4n) is 1.45. The van der Waals surface area contributed by atoms with E-state index in [4.69, 9.17) is 0 Å². The van der Waals surface area contributed by atoms with E-state index in [1.165, 1.54) is 18.2 Å². The first-order chi connectivity index (χ1) is 9.36. The number of alkyl halides is 3. The number of carbonyl (C=O) groups is 1. The molecule has 0 saturated heterocycles. The highest BCUT2D eigenvalue weighted by Crippen LogP contribution is 2.28. The van der Waals surface area contributed by atoms with Crippen LogP contribution in [0.5, 0.6) is 0 Å². The van der Waals surface area contributed by atoms with E-state index in [1.54, 1.807) is 0 Å². The highest BCUT2D eigenvalue weighted by molar-refractivity contribution is 6.03. The third kappa shape index (κ3) is 3.31. The van der Waals surface area contributed by atoms with Crippen molar-refractivity contribution >= 4 is 11.7 Å². The van der Waals surface area contributed by atoms with Crippen molar-refractivity contribution in [1.82, 2.24) is 4.98 Å². The third-order valence-corrected chi connectivity index (χ3v) is 2.42. The SMILES string of the molecule is O=C(Nc1ccc(C(F)(F)F)cn1)c1cccc(F)c1. The standard InChI is InChI=1S/C13H8F4N2O/c14-10-3-1-2-8(6-10)12(20)19-11-5-4-9(7-18-11)13(15,16)17/h1-7H,(H,18,19,20). The van der Waals surface area contributed by atoms with Crippen molar-refractivity contribution in [3.05, 3.63) is 59.5 Å². The molecule has 0 bridgehead atoms. The van der Waals surface area contributed by atoms with Crippen LogP contribution in [0, 0.1) is 5.82 Å². The molecule has 7 heteroatoms. The van der Waals surface area contributed by atoms with Crippen LogP contribution in [0.2, 0.25) is 0 Å². The summed E-state index contributed by atoms with van der Waals surface area (Å²) in [4.78, 5) is 15.2. The van der Waals surface area contributed by atoms with Gasteiger partial charge in [0.15, 0.2) is 0 Å². The Kier molecular flexibility index (Phi) is 3.69. The molecule has 0 fully saturated rings. The van der Waals surface area contributed by atoms with Crippen molar-refractivity contribution in [1.29, 1.82) is 0 Å². The third-order valence-electron chi connectivity index (χ3n) is 2.42. The Balaban J connectivity index is 2.12. The van der Waals surface area contributed by atoms with Crippen LogP contribution < -0.4 is 5.32 Å². The Morgan fingerprint density at radius 2 is 1.90 bits per heavy atom. The van der Waals surface area contributed by atoms with Crippen molar-refractivity contribution in [3.63, 3.8) is 0 Å². The summed E-state index contributed by atoms with van der Waals surface area (Å²) in [7, 11) is 0. The van der Waals surface area contributed by atoms with Gasteiger partial charge in [-0.2, -0.15) is 13.2 Å². The van der Waals surface area contributed by atoms with E-state index in [-0.39, 0.29) is 11.4 Å². The van der Waals surface area contributed by atoms with Gasteiger partial charge in [-0.1, -0.05) is 6.07 Å². The molecular weight excluding hydrogens is 276 g/mol. The van der Waals surface area contributed by atoms with Crippen molar-refractivity contribution in [2.24, 2.45) is 0 Å². The second-order valence-electron chi connectivity index (χ2n) is 3.89. The Morgan fingerprint density at radius 1 is 1.15 bits per heavy atom. The van der Waals surface area contributed by atoms with Gasteiger partial charge in [-0.15, -0.1) is 0 Å². The van der Waals surface area contributed by atoms with Crippen molar-refractivity contribution < 1.29 is 22.4 Å². The van der Waals surface area contributed by atoms with Gasteiger partial charge < -0.3 is 5.32 Å². The Morgan fingerprint density at radius 3 is 2.45 bits per heavy atom. The van der Waals surface area contributed by atoms with Crippen LogP contribution in [0.4, 0.5) is 23.4 Å². The molecule has 1 heterocycles. The highest BCUT2D eigenvalue weighted by Gasteiger charge is 2.30. The first-order valence-corrected chi connectivity index (χ1v) is 5.46. The lowest BCUT2D eigenvalue weighted by Gasteiger charge is -2.08. The summed E-state index contributed by atoms with van der Waals surface area (Å²) in [5.41, 5.74) is -0.868. The summed E-state index contributed by atoms with van der Waals surface area (Å²) in [6.07, 6.45) is -3.88. The Labute approximate surface area is 111 Å². The number of amides is 1. The second kappa shape index (κ2) is 5.28. The molecule has 1 N–H and O–H groups in total. The van der Waals surface area contributed by atoms with Gasteiger partial charge in [-0.25, -0.2) is 9.37 Å². The second-order valence-corrected chi connectivity index (χ2v) is 3.89. The molecule has 0 unspecified atom stereocenters. The monoisotopic (exact) mass is 284 g/mol. The summed E-state index contributed by atoms with van der Waals surface area (Å²) in [5, 5.41) is 2.28. The van der Waals surface area contributed by atoms with Gasteiger partial charge in [0.1, 0.15) is 11.6 Å². The quantitative estimate of drug-likeness (QED) is 0.858. The maximum atomic E-state index is 12.9. The topological polar surface area (TPSA) is 42.0 Å². The van der Waals surface area contributed by atoms with Gasteiger partial charge in [-0.3, -0.25) is 4.79 Å². The minimum absolute atomic E-state index is 0.0479. The average molecular weight is 284 g/mol. The van der Waals surface area contributed by atoms with Crippen LogP contribution in [-0.4, -0.2) is 10.9 Å². The van der Waals surface area contributed by atoms with E-state index in [0.29, 0.717) is 6.20 Å².